The molecule has 1 aliphatic carbocycles. The Morgan fingerprint density at radius 2 is 1.80 bits per heavy atom. The molecule has 1 aromatic heterocycles. The van der Waals surface area contributed by atoms with Crippen molar-refractivity contribution in [2.75, 3.05) is 12.4 Å². The van der Waals surface area contributed by atoms with Crippen LogP contribution >= 0.6 is 15.9 Å². The molecule has 0 saturated carbocycles. The van der Waals surface area contributed by atoms with Gasteiger partial charge < -0.3 is 15.2 Å². The zero-order valence-corrected chi connectivity index (χ0v) is 17.1. The number of ketones is 1. The van der Waals surface area contributed by atoms with Gasteiger partial charge in [-0.15, -0.1) is 0 Å². The van der Waals surface area contributed by atoms with E-state index in [1.54, 1.807) is 24.3 Å². The summed E-state index contributed by atoms with van der Waals surface area (Å²) in [4.78, 5) is 42.9. The van der Waals surface area contributed by atoms with Gasteiger partial charge in [0.15, 0.2) is 17.3 Å². The highest BCUT2D eigenvalue weighted by atomic mass is 79.9. The lowest BCUT2D eigenvalue weighted by Gasteiger charge is -2.27. The molecule has 150 valence electrons. The van der Waals surface area contributed by atoms with Gasteiger partial charge in [0, 0.05) is 22.6 Å². The number of aromatic hydroxyl groups is 1. The first-order chi connectivity index (χ1) is 14.4. The van der Waals surface area contributed by atoms with Crippen LogP contribution in [0.5, 0.6) is 11.5 Å². The summed E-state index contributed by atoms with van der Waals surface area (Å²) in [6.07, 6.45) is 0. The number of benzene rings is 2. The molecule has 0 radical (unpaired) electrons. The Morgan fingerprint density at radius 1 is 1.07 bits per heavy atom. The number of carbonyl (C=O) groups excluding carboxylic acids is 1. The van der Waals surface area contributed by atoms with Crippen LogP contribution in [0.4, 0.5) is 5.82 Å². The Hall–Kier alpha value is -3.59. The number of halogens is 1. The summed E-state index contributed by atoms with van der Waals surface area (Å²) in [5, 5.41) is 13.3. The fourth-order valence-corrected chi connectivity index (χ4v) is 4.56. The lowest BCUT2D eigenvalue weighted by atomic mass is 9.81. The van der Waals surface area contributed by atoms with Crippen LogP contribution in [0.25, 0.3) is 5.70 Å². The molecule has 1 aliphatic heterocycles. The third-order valence-electron chi connectivity index (χ3n) is 5.37. The molecule has 2 heterocycles. The minimum absolute atomic E-state index is 0.0963. The van der Waals surface area contributed by atoms with Crippen molar-refractivity contribution in [3.8, 4) is 11.5 Å². The monoisotopic (exact) mass is 467 g/mol. The number of methoxy groups -OCH3 is 1. The maximum Gasteiger partial charge on any atom is 0.327 e. The highest BCUT2D eigenvalue weighted by molar-refractivity contribution is 9.10. The number of hydrogen-bond donors (Lipinski definition) is 4. The number of fused-ring (bicyclic) bond motifs is 3. The molecule has 2 aliphatic rings. The van der Waals surface area contributed by atoms with Crippen molar-refractivity contribution in [2.45, 2.75) is 5.92 Å². The van der Waals surface area contributed by atoms with E-state index in [1.165, 1.54) is 7.11 Å². The number of rotatable bonds is 2. The van der Waals surface area contributed by atoms with Crippen molar-refractivity contribution in [1.82, 2.24) is 9.97 Å². The number of phenols is 1. The van der Waals surface area contributed by atoms with Gasteiger partial charge in [-0.05, 0) is 33.6 Å². The van der Waals surface area contributed by atoms with E-state index in [9.17, 15) is 19.5 Å². The van der Waals surface area contributed by atoms with Gasteiger partial charge in [0.25, 0.3) is 5.56 Å². The first-order valence-electron chi connectivity index (χ1n) is 8.99. The summed E-state index contributed by atoms with van der Waals surface area (Å²) < 4.78 is 5.60. The van der Waals surface area contributed by atoms with Gasteiger partial charge in [-0.25, -0.2) is 4.79 Å². The lowest BCUT2D eigenvalue weighted by Crippen LogP contribution is -2.33. The average Bonchev–Trinajstić information content (AvgIpc) is 3.00. The number of carbonyl (C=O) groups is 1. The van der Waals surface area contributed by atoms with Gasteiger partial charge in [-0.1, -0.05) is 24.3 Å². The van der Waals surface area contributed by atoms with Crippen LogP contribution < -0.4 is 21.3 Å². The summed E-state index contributed by atoms with van der Waals surface area (Å²) in [5.41, 5.74) is 1.62. The van der Waals surface area contributed by atoms with Crippen LogP contribution in [0.2, 0.25) is 0 Å². The van der Waals surface area contributed by atoms with Crippen molar-refractivity contribution in [3.05, 3.63) is 89.5 Å². The molecule has 0 fully saturated rings. The second kappa shape index (κ2) is 6.46. The molecule has 0 amide bonds. The molecule has 3 aromatic rings. The second-order valence-electron chi connectivity index (χ2n) is 6.97. The van der Waals surface area contributed by atoms with Crippen molar-refractivity contribution in [3.63, 3.8) is 0 Å². The zero-order valence-electron chi connectivity index (χ0n) is 15.5. The van der Waals surface area contributed by atoms with Crippen LogP contribution in [0.15, 0.2) is 56.0 Å². The van der Waals surface area contributed by atoms with Gasteiger partial charge in [0.05, 0.1) is 22.8 Å². The molecule has 9 heteroatoms. The molecular weight excluding hydrogens is 454 g/mol. The van der Waals surface area contributed by atoms with Crippen molar-refractivity contribution < 1.29 is 14.6 Å². The van der Waals surface area contributed by atoms with E-state index in [2.05, 4.69) is 31.2 Å². The number of nitrogens with one attached hydrogen (secondary N) is 3. The van der Waals surface area contributed by atoms with E-state index in [-0.39, 0.29) is 28.7 Å². The number of H-pyrrole nitrogens is 2. The minimum atomic E-state index is -0.789. The summed E-state index contributed by atoms with van der Waals surface area (Å²) >= 11 is 3.30. The molecule has 1 atom stereocenters. The Bertz CT molecular complexity index is 1400. The van der Waals surface area contributed by atoms with Crippen LogP contribution in [-0.4, -0.2) is 28.0 Å². The Balaban J connectivity index is 1.85. The molecule has 0 unspecified atom stereocenters. The van der Waals surface area contributed by atoms with Crippen LogP contribution in [0.3, 0.4) is 0 Å². The van der Waals surface area contributed by atoms with Crippen LogP contribution in [0, 0.1) is 0 Å². The minimum Gasteiger partial charge on any atom is -0.503 e. The van der Waals surface area contributed by atoms with Gasteiger partial charge >= 0.3 is 5.69 Å². The predicted octanol–water partition coefficient (Wildman–Crippen LogP) is 2.70. The second-order valence-corrected chi connectivity index (χ2v) is 7.83. The molecule has 4 N–H and O–H groups in total. The van der Waals surface area contributed by atoms with Crippen molar-refractivity contribution >= 4 is 33.2 Å². The number of hydrogen-bond acceptors (Lipinski definition) is 6. The van der Waals surface area contributed by atoms with Crippen LogP contribution in [0.1, 0.15) is 33.0 Å². The van der Waals surface area contributed by atoms with E-state index in [0.717, 1.165) is 0 Å². The quantitative estimate of drug-likeness (QED) is 0.459. The van der Waals surface area contributed by atoms with E-state index in [0.29, 0.717) is 32.4 Å². The summed E-state index contributed by atoms with van der Waals surface area (Å²) in [6, 6.07) is 10.3. The Labute approximate surface area is 177 Å². The maximum atomic E-state index is 13.3. The van der Waals surface area contributed by atoms with E-state index < -0.39 is 17.2 Å². The standard InChI is InChI=1S/C21H14BrN3O5/c1-30-12-7-8(6-11(22)18(12)27)13-14-16(9-4-2-3-5-10(9)17(14)26)23-19-15(13)20(28)25-21(29)24-19/h2-7,13,27H,1H3,(H3,23,24,25,28,29)/t13-/m0/s1. The van der Waals surface area contributed by atoms with E-state index in [4.69, 9.17) is 4.74 Å². The third kappa shape index (κ3) is 2.48. The Morgan fingerprint density at radius 3 is 2.53 bits per heavy atom. The molecule has 0 bridgehead atoms. The van der Waals surface area contributed by atoms with Crippen molar-refractivity contribution in [1.29, 1.82) is 0 Å². The first-order valence-corrected chi connectivity index (χ1v) is 9.78. The molecule has 5 rings (SSSR count). The Kier molecular flexibility index (Phi) is 3.97. The van der Waals surface area contributed by atoms with Crippen LogP contribution in [-0.2, 0) is 0 Å². The fraction of sp³-hybridized carbons (Fsp3) is 0.0952. The number of phenolic OH excluding ortho intramolecular Hbond substituents is 1. The molecule has 30 heavy (non-hydrogen) atoms. The number of Topliss-reactive ketones (excluding diaryl/α,β-unsaturated/α-hetero) is 1. The van der Waals surface area contributed by atoms with Gasteiger partial charge in [0.1, 0.15) is 5.82 Å². The van der Waals surface area contributed by atoms with E-state index >= 15 is 0 Å². The molecule has 2 aromatic carbocycles. The highest BCUT2D eigenvalue weighted by Crippen LogP contribution is 2.49. The normalized spacial score (nSPS) is 16.6. The largest absolute Gasteiger partial charge is 0.503 e. The fourth-order valence-electron chi connectivity index (χ4n) is 4.10. The van der Waals surface area contributed by atoms with E-state index in [1.807, 2.05) is 12.1 Å². The summed E-state index contributed by atoms with van der Waals surface area (Å²) in [6.45, 7) is 0. The van der Waals surface area contributed by atoms with Gasteiger partial charge in [-0.3, -0.25) is 19.6 Å². The predicted molar refractivity (Wildman–Crippen MR) is 113 cm³/mol. The molecular formula is C21H14BrN3O5. The lowest BCUT2D eigenvalue weighted by molar-refractivity contribution is 0.103. The topological polar surface area (TPSA) is 124 Å². The van der Waals surface area contributed by atoms with Crippen molar-refractivity contribution in [2.24, 2.45) is 0 Å². The number of aromatic amines is 2. The first kappa shape index (κ1) is 18.4. The highest BCUT2D eigenvalue weighted by Gasteiger charge is 2.42. The maximum absolute atomic E-state index is 13.3. The van der Waals surface area contributed by atoms with Gasteiger partial charge in [0.2, 0.25) is 0 Å². The third-order valence-corrected chi connectivity index (χ3v) is 5.97. The average molecular weight is 468 g/mol. The molecule has 0 spiro atoms. The smallest absolute Gasteiger partial charge is 0.327 e. The van der Waals surface area contributed by atoms with Gasteiger partial charge in [-0.2, -0.15) is 0 Å². The molecule has 0 saturated heterocycles. The number of ether oxygens (including phenoxy) is 1. The summed E-state index contributed by atoms with van der Waals surface area (Å²) in [7, 11) is 1.41. The molecule has 8 nitrogen and oxygen atoms in total. The number of allylic oxidation sites excluding steroid dienone is 1. The number of anilines is 1. The summed E-state index contributed by atoms with van der Waals surface area (Å²) in [5.74, 6) is -0.688. The zero-order chi connectivity index (χ0) is 21.2. The SMILES string of the molecule is COc1cc([C@H]2C3=C(Nc4[nH]c(=O)[nH]c(=O)c42)c2ccccc2C3=O)cc(Br)c1O. The number of aromatic nitrogens is 2.